The maximum absolute atomic E-state index is 11.5. The number of carbonyl (C=O) groups excluding carboxylic acids is 1. The van der Waals surface area contributed by atoms with E-state index in [0.29, 0.717) is 6.04 Å². The first-order valence-electron chi connectivity index (χ1n) is 5.36. The Morgan fingerprint density at radius 2 is 2.21 bits per heavy atom. The number of hydrogen-bond donors (Lipinski definition) is 1. The average Bonchev–Trinajstić information content (AvgIpc) is 2.50. The van der Waals surface area contributed by atoms with Crippen LogP contribution in [0.3, 0.4) is 0 Å². The summed E-state index contributed by atoms with van der Waals surface area (Å²) < 4.78 is 0. The van der Waals surface area contributed by atoms with Gasteiger partial charge < -0.3 is 10.2 Å². The molecule has 0 aromatic heterocycles. The maximum atomic E-state index is 11.5. The van der Waals surface area contributed by atoms with E-state index in [-0.39, 0.29) is 11.9 Å². The summed E-state index contributed by atoms with van der Waals surface area (Å²) in [5.74, 6) is 0.185. The van der Waals surface area contributed by atoms with Crippen molar-refractivity contribution in [1.82, 2.24) is 10.2 Å². The second-order valence-electron chi connectivity index (χ2n) is 4.35. The molecule has 0 spiro atoms. The van der Waals surface area contributed by atoms with E-state index in [9.17, 15) is 4.79 Å². The molecule has 0 aromatic rings. The zero-order valence-corrected chi connectivity index (χ0v) is 9.13. The van der Waals surface area contributed by atoms with Crippen molar-refractivity contribution in [2.75, 3.05) is 6.54 Å². The van der Waals surface area contributed by atoms with E-state index in [1.54, 1.807) is 6.92 Å². The normalized spacial score (nSPS) is 31.5. The molecule has 14 heavy (non-hydrogen) atoms. The summed E-state index contributed by atoms with van der Waals surface area (Å²) >= 11 is 0. The Labute approximate surface area is 85.2 Å². The fourth-order valence-corrected chi connectivity index (χ4v) is 2.82. The Morgan fingerprint density at radius 1 is 1.50 bits per heavy atom. The third-order valence-corrected chi connectivity index (χ3v) is 3.34. The van der Waals surface area contributed by atoms with Gasteiger partial charge >= 0.3 is 0 Å². The smallest absolute Gasteiger partial charge is 0.220 e. The summed E-state index contributed by atoms with van der Waals surface area (Å²) in [6.07, 6.45) is 2.21. The zero-order chi connectivity index (χ0) is 10.3. The molecule has 0 saturated carbocycles. The van der Waals surface area contributed by atoms with Crippen molar-refractivity contribution < 1.29 is 4.79 Å². The Morgan fingerprint density at radius 3 is 2.86 bits per heavy atom. The highest BCUT2D eigenvalue weighted by atomic mass is 16.2. The van der Waals surface area contributed by atoms with E-state index < -0.39 is 0 Å². The molecule has 0 radical (unpaired) electrons. The SMILES string of the molecule is CC(=O)N1C(C)CC2=C(NCC2)C1C. The molecular weight excluding hydrogens is 176 g/mol. The highest BCUT2D eigenvalue weighted by Gasteiger charge is 2.34. The molecule has 2 aliphatic heterocycles. The molecule has 0 aliphatic carbocycles. The predicted octanol–water partition coefficient (Wildman–Crippen LogP) is 1.26. The highest BCUT2D eigenvalue weighted by molar-refractivity contribution is 5.74. The van der Waals surface area contributed by atoms with Gasteiger partial charge in [0.05, 0.1) is 6.04 Å². The van der Waals surface area contributed by atoms with Crippen LogP contribution < -0.4 is 5.32 Å². The minimum Gasteiger partial charge on any atom is -0.386 e. The molecule has 78 valence electrons. The molecule has 2 atom stereocenters. The largest absolute Gasteiger partial charge is 0.386 e. The van der Waals surface area contributed by atoms with E-state index in [1.165, 1.54) is 11.3 Å². The molecule has 2 rings (SSSR count). The summed E-state index contributed by atoms with van der Waals surface area (Å²) in [7, 11) is 0. The van der Waals surface area contributed by atoms with E-state index in [4.69, 9.17) is 0 Å². The van der Waals surface area contributed by atoms with Crippen molar-refractivity contribution >= 4 is 5.91 Å². The van der Waals surface area contributed by atoms with Crippen molar-refractivity contribution in [3.63, 3.8) is 0 Å². The fourth-order valence-electron chi connectivity index (χ4n) is 2.82. The van der Waals surface area contributed by atoms with Gasteiger partial charge in [-0.1, -0.05) is 0 Å². The van der Waals surface area contributed by atoms with E-state index >= 15 is 0 Å². The quantitative estimate of drug-likeness (QED) is 0.629. The van der Waals surface area contributed by atoms with Crippen LogP contribution in [0.5, 0.6) is 0 Å². The second kappa shape index (κ2) is 3.30. The van der Waals surface area contributed by atoms with Crippen LogP contribution in [0, 0.1) is 0 Å². The van der Waals surface area contributed by atoms with Crippen molar-refractivity contribution in [3.8, 4) is 0 Å². The Hall–Kier alpha value is -0.990. The molecular formula is C11H18N2O. The van der Waals surface area contributed by atoms with Crippen molar-refractivity contribution in [3.05, 3.63) is 11.3 Å². The van der Waals surface area contributed by atoms with Crippen LogP contribution in [-0.2, 0) is 4.79 Å². The van der Waals surface area contributed by atoms with Crippen molar-refractivity contribution in [1.29, 1.82) is 0 Å². The van der Waals surface area contributed by atoms with E-state index in [2.05, 4.69) is 19.2 Å². The molecule has 1 amide bonds. The fraction of sp³-hybridized carbons (Fsp3) is 0.727. The number of amides is 1. The minimum absolute atomic E-state index is 0.185. The lowest BCUT2D eigenvalue weighted by Gasteiger charge is -2.39. The molecule has 3 heteroatoms. The first kappa shape index (κ1) is 9.56. The summed E-state index contributed by atoms with van der Waals surface area (Å²) in [6.45, 7) is 6.96. The van der Waals surface area contributed by atoms with Crippen LogP contribution in [0.1, 0.15) is 33.6 Å². The minimum atomic E-state index is 0.185. The predicted molar refractivity (Wildman–Crippen MR) is 55.7 cm³/mol. The topological polar surface area (TPSA) is 32.3 Å². The van der Waals surface area contributed by atoms with Gasteiger partial charge in [0.1, 0.15) is 0 Å². The van der Waals surface area contributed by atoms with Crippen LogP contribution in [0.25, 0.3) is 0 Å². The van der Waals surface area contributed by atoms with Gasteiger partial charge in [-0.05, 0) is 32.3 Å². The van der Waals surface area contributed by atoms with Crippen molar-refractivity contribution in [2.24, 2.45) is 0 Å². The third-order valence-electron chi connectivity index (χ3n) is 3.34. The first-order valence-corrected chi connectivity index (χ1v) is 5.36. The summed E-state index contributed by atoms with van der Waals surface area (Å²) in [6, 6.07) is 0.606. The number of carbonyl (C=O) groups is 1. The van der Waals surface area contributed by atoms with Crippen LogP contribution in [0.4, 0.5) is 0 Å². The lowest BCUT2D eigenvalue weighted by Crippen LogP contribution is -2.48. The molecule has 0 saturated heterocycles. The van der Waals surface area contributed by atoms with Gasteiger partial charge in [0.25, 0.3) is 0 Å². The van der Waals surface area contributed by atoms with Crippen LogP contribution >= 0.6 is 0 Å². The average molecular weight is 194 g/mol. The van der Waals surface area contributed by atoms with Crippen LogP contribution in [-0.4, -0.2) is 29.4 Å². The standard InChI is InChI=1S/C11H18N2O/c1-7-6-10-4-5-12-11(10)8(2)13(7)9(3)14/h7-8,12H,4-6H2,1-3H3. The van der Waals surface area contributed by atoms with Gasteiger partial charge in [-0.25, -0.2) is 0 Å². The Balaban J connectivity index is 2.28. The van der Waals surface area contributed by atoms with Gasteiger partial charge in [0, 0.05) is 25.2 Å². The van der Waals surface area contributed by atoms with Crippen molar-refractivity contribution in [2.45, 2.75) is 45.7 Å². The molecule has 0 aromatic carbocycles. The van der Waals surface area contributed by atoms with Gasteiger partial charge in [0.2, 0.25) is 5.91 Å². The summed E-state index contributed by atoms with van der Waals surface area (Å²) in [4.78, 5) is 13.5. The van der Waals surface area contributed by atoms with Crippen LogP contribution in [0.15, 0.2) is 11.3 Å². The molecule has 2 heterocycles. The Kier molecular flexibility index (Phi) is 2.25. The number of nitrogens with one attached hydrogen (secondary N) is 1. The van der Waals surface area contributed by atoms with Gasteiger partial charge in [-0.15, -0.1) is 0 Å². The number of rotatable bonds is 0. The van der Waals surface area contributed by atoms with Gasteiger partial charge in [-0.2, -0.15) is 0 Å². The second-order valence-corrected chi connectivity index (χ2v) is 4.35. The molecule has 0 fully saturated rings. The monoisotopic (exact) mass is 194 g/mol. The molecule has 2 unspecified atom stereocenters. The van der Waals surface area contributed by atoms with Gasteiger partial charge in [-0.3, -0.25) is 4.79 Å². The number of nitrogens with zero attached hydrogens (tertiary/aromatic N) is 1. The summed E-state index contributed by atoms with van der Waals surface area (Å²) in [5, 5.41) is 3.40. The van der Waals surface area contributed by atoms with E-state index in [0.717, 1.165) is 19.4 Å². The van der Waals surface area contributed by atoms with E-state index in [1.807, 2.05) is 4.90 Å². The number of hydrogen-bond acceptors (Lipinski definition) is 2. The zero-order valence-electron chi connectivity index (χ0n) is 9.13. The Bertz CT molecular complexity index is 296. The lowest BCUT2D eigenvalue weighted by atomic mass is 9.94. The molecule has 1 N–H and O–H groups in total. The summed E-state index contributed by atoms with van der Waals surface area (Å²) in [5.41, 5.74) is 2.83. The van der Waals surface area contributed by atoms with Gasteiger partial charge in [0.15, 0.2) is 0 Å². The molecule has 3 nitrogen and oxygen atoms in total. The first-order chi connectivity index (χ1) is 6.61. The lowest BCUT2D eigenvalue weighted by molar-refractivity contribution is -0.132. The van der Waals surface area contributed by atoms with Crippen LogP contribution in [0.2, 0.25) is 0 Å². The molecule has 0 bridgehead atoms. The molecule has 2 aliphatic rings. The maximum Gasteiger partial charge on any atom is 0.220 e. The highest BCUT2D eigenvalue weighted by Crippen LogP contribution is 2.31. The third kappa shape index (κ3) is 1.31.